The number of fused-ring (bicyclic) bond motifs is 2. The van der Waals surface area contributed by atoms with Crippen LogP contribution in [0.15, 0.2) is 95.4 Å². The van der Waals surface area contributed by atoms with Crippen molar-refractivity contribution in [2.75, 3.05) is 50.1 Å². The van der Waals surface area contributed by atoms with E-state index in [1.54, 1.807) is 0 Å². The predicted octanol–water partition coefficient (Wildman–Crippen LogP) is 6.70. The Labute approximate surface area is 241 Å². The fraction of sp³-hybridized carbons (Fsp3) is 0.417. The number of likely N-dealkylation sites (N-methyl/N-ethyl adjacent to an activating group) is 2. The van der Waals surface area contributed by atoms with E-state index >= 15 is 0 Å². The van der Waals surface area contributed by atoms with Gasteiger partial charge in [-0.25, -0.2) is 4.58 Å². The number of benzene rings is 2. The molecule has 0 aromatic heterocycles. The van der Waals surface area contributed by atoms with Crippen molar-refractivity contribution in [3.8, 4) is 0 Å². The number of piperazine rings is 1. The molecule has 2 fully saturated rings. The molecule has 4 heteroatoms. The molecular formula is C36H45N4+. The van der Waals surface area contributed by atoms with Crippen molar-refractivity contribution in [1.29, 1.82) is 0 Å². The van der Waals surface area contributed by atoms with E-state index in [2.05, 4.69) is 134 Å². The van der Waals surface area contributed by atoms with Crippen LogP contribution in [0.3, 0.4) is 0 Å². The zero-order valence-electron chi connectivity index (χ0n) is 25.2. The van der Waals surface area contributed by atoms with Gasteiger partial charge in [0.25, 0.3) is 0 Å². The number of anilines is 2. The van der Waals surface area contributed by atoms with Crippen molar-refractivity contribution in [3.63, 3.8) is 0 Å². The van der Waals surface area contributed by atoms with Crippen LogP contribution in [0.5, 0.6) is 0 Å². The zero-order valence-corrected chi connectivity index (χ0v) is 25.2. The number of para-hydroxylation sites is 2. The molecule has 6 rings (SSSR count). The van der Waals surface area contributed by atoms with Crippen LogP contribution >= 0.6 is 0 Å². The molecule has 208 valence electrons. The van der Waals surface area contributed by atoms with Crippen LogP contribution < -0.4 is 15.1 Å². The number of hydrogen-bond acceptors (Lipinski definition) is 3. The molecule has 4 nitrogen and oxygen atoms in total. The maximum Gasteiger partial charge on any atom is 0.206 e. The third-order valence-electron chi connectivity index (χ3n) is 9.70. The summed E-state index contributed by atoms with van der Waals surface area (Å²) in [6, 6.07) is 17.7. The number of nitrogens with zero attached hydrogens (tertiary/aromatic N) is 3. The van der Waals surface area contributed by atoms with Gasteiger partial charge in [0.15, 0.2) is 13.1 Å². The summed E-state index contributed by atoms with van der Waals surface area (Å²) >= 11 is 0. The Morgan fingerprint density at radius 1 is 0.675 bits per heavy atom. The van der Waals surface area contributed by atoms with E-state index in [9.17, 15) is 0 Å². The SMILES string of the molecule is CN1/C(=C/C=C2\CCC/C(=C\C=C3\N(C)c4ccccc4C3(C)C)C2=[N+]2CCNCC2)C(C)(C)c2ccccc21. The van der Waals surface area contributed by atoms with Crippen LogP contribution in [-0.2, 0) is 10.8 Å². The fourth-order valence-electron chi connectivity index (χ4n) is 7.49. The smallest absolute Gasteiger partial charge is 0.206 e. The summed E-state index contributed by atoms with van der Waals surface area (Å²) in [5, 5.41) is 3.56. The second-order valence-electron chi connectivity index (χ2n) is 12.8. The van der Waals surface area contributed by atoms with Gasteiger partial charge in [-0.15, -0.1) is 0 Å². The highest BCUT2D eigenvalue weighted by atomic mass is 15.2. The van der Waals surface area contributed by atoms with E-state index in [4.69, 9.17) is 0 Å². The van der Waals surface area contributed by atoms with Gasteiger partial charge in [-0.3, -0.25) is 0 Å². The lowest BCUT2D eigenvalue weighted by Crippen LogP contribution is -2.42. The Bertz CT molecular complexity index is 1370. The van der Waals surface area contributed by atoms with Crippen LogP contribution in [-0.4, -0.2) is 50.6 Å². The fourth-order valence-corrected chi connectivity index (χ4v) is 7.49. The Morgan fingerprint density at radius 2 is 1.12 bits per heavy atom. The summed E-state index contributed by atoms with van der Waals surface area (Å²) in [4.78, 5) is 4.77. The zero-order chi connectivity index (χ0) is 28.1. The lowest BCUT2D eigenvalue weighted by molar-refractivity contribution is -0.531. The van der Waals surface area contributed by atoms with Gasteiger partial charge in [0.2, 0.25) is 5.71 Å². The first-order valence-corrected chi connectivity index (χ1v) is 15.0. The molecule has 1 N–H and O–H groups in total. The van der Waals surface area contributed by atoms with Gasteiger partial charge >= 0.3 is 0 Å². The van der Waals surface area contributed by atoms with Gasteiger partial charge in [-0.1, -0.05) is 76.2 Å². The molecule has 2 aromatic carbocycles. The third kappa shape index (κ3) is 4.37. The molecule has 0 atom stereocenters. The summed E-state index contributed by atoms with van der Waals surface area (Å²) in [7, 11) is 4.43. The van der Waals surface area contributed by atoms with E-state index in [0.29, 0.717) is 0 Å². The molecule has 40 heavy (non-hydrogen) atoms. The first-order chi connectivity index (χ1) is 19.2. The van der Waals surface area contributed by atoms with Gasteiger partial charge in [0.1, 0.15) is 0 Å². The number of nitrogens with one attached hydrogen (secondary N) is 1. The van der Waals surface area contributed by atoms with Gasteiger partial charge in [-0.05, 0) is 54.7 Å². The van der Waals surface area contributed by atoms with Gasteiger partial charge in [0, 0.05) is 58.8 Å². The van der Waals surface area contributed by atoms with Gasteiger partial charge in [-0.2, -0.15) is 0 Å². The average molecular weight is 534 g/mol. The molecular weight excluding hydrogens is 488 g/mol. The molecule has 0 bridgehead atoms. The Kier molecular flexibility index (Phi) is 6.86. The number of rotatable bonds is 2. The van der Waals surface area contributed by atoms with Crippen molar-refractivity contribution in [3.05, 3.63) is 107 Å². The minimum atomic E-state index is -0.0109. The van der Waals surface area contributed by atoms with Gasteiger partial charge in [0.05, 0.1) is 13.1 Å². The van der Waals surface area contributed by atoms with E-state index < -0.39 is 0 Å². The maximum absolute atomic E-state index is 3.56. The number of hydrogen-bond donors (Lipinski definition) is 1. The predicted molar refractivity (Wildman–Crippen MR) is 170 cm³/mol. The normalized spacial score (nSPS) is 25.9. The summed E-state index contributed by atoms with van der Waals surface area (Å²) in [5.74, 6) is 0. The van der Waals surface area contributed by atoms with Crippen molar-refractivity contribution < 1.29 is 4.58 Å². The van der Waals surface area contributed by atoms with Crippen LogP contribution in [0, 0.1) is 0 Å². The molecule has 0 radical (unpaired) electrons. The Balaban J connectivity index is 1.40. The largest absolute Gasteiger partial charge is 0.347 e. The van der Waals surface area contributed by atoms with Crippen molar-refractivity contribution in [2.24, 2.45) is 0 Å². The van der Waals surface area contributed by atoms with Crippen molar-refractivity contribution in [1.82, 2.24) is 5.32 Å². The summed E-state index contributed by atoms with van der Waals surface area (Å²) in [6.45, 7) is 13.6. The van der Waals surface area contributed by atoms with E-state index in [-0.39, 0.29) is 10.8 Å². The molecule has 0 amide bonds. The molecule has 0 spiro atoms. The molecule has 0 unspecified atom stereocenters. The standard InChI is InChI=1S/C36H45N4/c1-35(2)28-14-7-9-16-30(28)38(5)32(35)20-18-26-12-11-13-27(34(26)40-24-22-37-23-25-40)19-21-33-36(3,4)29-15-8-10-17-31(29)39(33)6/h7-10,14-21,37H,11-13,22-25H2,1-6H3/q+1. The van der Waals surface area contributed by atoms with Gasteiger partial charge < -0.3 is 15.1 Å². The second-order valence-corrected chi connectivity index (χ2v) is 12.8. The highest BCUT2D eigenvalue weighted by Crippen LogP contribution is 2.48. The molecule has 1 aliphatic carbocycles. The summed E-state index contributed by atoms with van der Waals surface area (Å²) < 4.78 is 2.64. The lowest BCUT2D eigenvalue weighted by Gasteiger charge is -2.25. The van der Waals surface area contributed by atoms with E-state index in [1.165, 1.54) is 57.2 Å². The summed E-state index contributed by atoms with van der Waals surface area (Å²) in [5.41, 5.74) is 12.6. The van der Waals surface area contributed by atoms with Crippen LogP contribution in [0.25, 0.3) is 0 Å². The third-order valence-corrected chi connectivity index (χ3v) is 9.70. The topological polar surface area (TPSA) is 21.5 Å². The quantitative estimate of drug-likeness (QED) is 0.434. The van der Waals surface area contributed by atoms with Crippen LogP contribution in [0.4, 0.5) is 11.4 Å². The summed E-state index contributed by atoms with van der Waals surface area (Å²) in [6.07, 6.45) is 13.2. The monoisotopic (exact) mass is 533 g/mol. The number of allylic oxidation sites excluding steroid dienone is 8. The van der Waals surface area contributed by atoms with Crippen LogP contribution in [0.1, 0.15) is 58.1 Å². The molecule has 4 aliphatic rings. The lowest BCUT2D eigenvalue weighted by atomic mass is 9.82. The van der Waals surface area contributed by atoms with Crippen LogP contribution in [0.2, 0.25) is 0 Å². The van der Waals surface area contributed by atoms with Crippen molar-refractivity contribution >= 4 is 17.1 Å². The molecule has 1 saturated heterocycles. The molecule has 2 aromatic rings. The Hall–Kier alpha value is -3.37. The molecule has 3 heterocycles. The highest BCUT2D eigenvalue weighted by molar-refractivity contribution is 6.10. The van der Waals surface area contributed by atoms with E-state index in [0.717, 1.165) is 39.0 Å². The first-order valence-electron chi connectivity index (χ1n) is 15.0. The second kappa shape index (κ2) is 10.2. The van der Waals surface area contributed by atoms with E-state index in [1.807, 2.05) is 0 Å². The highest BCUT2D eigenvalue weighted by Gasteiger charge is 2.39. The maximum atomic E-state index is 3.56. The average Bonchev–Trinajstić information content (AvgIpc) is 3.28. The Morgan fingerprint density at radius 3 is 1.57 bits per heavy atom. The molecule has 3 aliphatic heterocycles. The first kappa shape index (κ1) is 26.8. The minimum absolute atomic E-state index is 0.0109. The van der Waals surface area contributed by atoms with Crippen molar-refractivity contribution in [2.45, 2.75) is 57.8 Å². The molecule has 1 saturated carbocycles. The minimum Gasteiger partial charge on any atom is -0.347 e.